The van der Waals surface area contributed by atoms with Crippen LogP contribution in [0.15, 0.2) is 11.1 Å². The fourth-order valence-electron chi connectivity index (χ4n) is 2.06. The Hall–Kier alpha value is -1.22. The minimum Gasteiger partial charge on any atom is -0.488 e. The van der Waals surface area contributed by atoms with Crippen LogP contribution in [0.3, 0.4) is 0 Å². The SMILES string of the molecule is Cn1nnc2c(C(=O)OC3[CH-]CCC3F)ncn2c1=O.[Y]. The van der Waals surface area contributed by atoms with Crippen molar-refractivity contribution in [3.05, 3.63) is 28.9 Å². The van der Waals surface area contributed by atoms with Crippen LogP contribution in [0.1, 0.15) is 23.3 Å². The van der Waals surface area contributed by atoms with Gasteiger partial charge in [0.15, 0.2) is 11.3 Å². The quantitative estimate of drug-likeness (QED) is 0.533. The summed E-state index contributed by atoms with van der Waals surface area (Å²) in [5.74, 6) is -0.819. The second kappa shape index (κ2) is 6.27. The number of imidazole rings is 1. The summed E-state index contributed by atoms with van der Waals surface area (Å²) in [6.07, 6.45) is 1.58. The number of hydrogen-bond acceptors (Lipinski definition) is 6. The molecule has 1 radical (unpaired) electrons. The Morgan fingerprint density at radius 2 is 2.33 bits per heavy atom. The van der Waals surface area contributed by atoms with Crippen LogP contribution in [-0.2, 0) is 44.5 Å². The molecule has 0 N–H and O–H groups in total. The second-order valence-electron chi connectivity index (χ2n) is 4.48. The van der Waals surface area contributed by atoms with E-state index in [1.54, 1.807) is 6.42 Å². The Labute approximate surface area is 143 Å². The first-order chi connectivity index (χ1) is 9.58. The van der Waals surface area contributed by atoms with Gasteiger partial charge in [-0.15, -0.1) is 5.10 Å². The molecule has 2 heterocycles. The van der Waals surface area contributed by atoms with Gasteiger partial charge < -0.3 is 4.74 Å². The molecule has 2 aromatic heterocycles. The summed E-state index contributed by atoms with van der Waals surface area (Å²) in [6.45, 7) is 0. The Morgan fingerprint density at radius 3 is 3.00 bits per heavy atom. The summed E-state index contributed by atoms with van der Waals surface area (Å²) >= 11 is 0. The molecule has 2 unspecified atom stereocenters. The van der Waals surface area contributed by atoms with Crippen molar-refractivity contribution in [2.24, 2.45) is 7.05 Å². The largest absolute Gasteiger partial charge is 0.488 e. The maximum atomic E-state index is 13.4. The predicted molar refractivity (Wildman–Crippen MR) is 63.7 cm³/mol. The standard InChI is InChI=1S/C11H11FN5O3.Y/c1-16-11(19)17-5-13-8(9(17)14-15-16)10(18)20-7-4-2-3-6(7)12;/h4-7H,2-3H2,1H3;/q-1;. The number of ether oxygens (including phenoxy) is 1. The zero-order chi connectivity index (χ0) is 14.3. The maximum absolute atomic E-state index is 13.4. The first kappa shape index (κ1) is 16.2. The van der Waals surface area contributed by atoms with Gasteiger partial charge in [-0.05, 0) is 6.42 Å². The first-order valence-corrected chi connectivity index (χ1v) is 6.03. The normalized spacial score (nSPS) is 21.2. The van der Waals surface area contributed by atoms with Crippen LogP contribution in [-0.4, -0.2) is 42.6 Å². The van der Waals surface area contributed by atoms with Crippen LogP contribution in [0.5, 0.6) is 0 Å². The molecule has 2 aromatic rings. The minimum atomic E-state index is -1.20. The molecular weight excluding hydrogens is 358 g/mol. The number of carbonyl (C=O) groups is 1. The van der Waals surface area contributed by atoms with Crippen LogP contribution < -0.4 is 5.69 Å². The molecule has 0 saturated heterocycles. The van der Waals surface area contributed by atoms with Gasteiger partial charge in [0.2, 0.25) is 0 Å². The fraction of sp³-hybridized carbons (Fsp3) is 0.455. The van der Waals surface area contributed by atoms with Crippen molar-refractivity contribution in [3.63, 3.8) is 0 Å². The first-order valence-electron chi connectivity index (χ1n) is 6.03. The molecule has 0 aliphatic heterocycles. The number of aromatic nitrogens is 5. The summed E-state index contributed by atoms with van der Waals surface area (Å²) < 4.78 is 20.5. The molecule has 1 aliphatic rings. The van der Waals surface area contributed by atoms with E-state index in [0.717, 1.165) is 15.4 Å². The zero-order valence-corrected chi connectivity index (χ0v) is 14.0. The zero-order valence-electron chi connectivity index (χ0n) is 11.1. The van der Waals surface area contributed by atoms with E-state index in [1.807, 2.05) is 0 Å². The minimum absolute atomic E-state index is 0. The van der Waals surface area contributed by atoms with E-state index in [4.69, 9.17) is 4.74 Å². The van der Waals surface area contributed by atoms with Gasteiger partial charge in [0.25, 0.3) is 0 Å². The number of esters is 1. The molecule has 2 atom stereocenters. The van der Waals surface area contributed by atoms with Gasteiger partial charge in [-0.1, -0.05) is 5.21 Å². The molecule has 109 valence electrons. The van der Waals surface area contributed by atoms with Crippen LogP contribution in [0.2, 0.25) is 0 Å². The molecule has 0 amide bonds. The van der Waals surface area contributed by atoms with Gasteiger partial charge in [0.05, 0.1) is 0 Å². The summed E-state index contributed by atoms with van der Waals surface area (Å²) in [5.41, 5.74) is -0.647. The summed E-state index contributed by atoms with van der Waals surface area (Å²) in [6, 6.07) is 0. The van der Waals surface area contributed by atoms with E-state index in [-0.39, 0.29) is 44.1 Å². The van der Waals surface area contributed by atoms with E-state index in [2.05, 4.69) is 15.3 Å². The summed E-state index contributed by atoms with van der Waals surface area (Å²) in [7, 11) is 1.42. The van der Waals surface area contributed by atoms with Crippen molar-refractivity contribution in [2.75, 3.05) is 0 Å². The van der Waals surface area contributed by atoms with E-state index < -0.39 is 23.9 Å². The van der Waals surface area contributed by atoms with Gasteiger partial charge in [-0.3, -0.25) is 6.42 Å². The van der Waals surface area contributed by atoms with Crippen LogP contribution in [0.25, 0.3) is 5.65 Å². The van der Waals surface area contributed by atoms with Crippen LogP contribution in [0, 0.1) is 6.42 Å². The molecule has 10 heteroatoms. The third kappa shape index (κ3) is 2.89. The van der Waals surface area contributed by atoms with Crippen molar-refractivity contribution >= 4 is 11.6 Å². The topological polar surface area (TPSA) is 91.4 Å². The van der Waals surface area contributed by atoms with Crippen molar-refractivity contribution < 1.29 is 46.6 Å². The predicted octanol–water partition coefficient (Wildman–Crippen LogP) is -0.318. The smallest absolute Gasteiger partial charge is 0.358 e. The molecule has 0 bridgehead atoms. The van der Waals surface area contributed by atoms with E-state index >= 15 is 0 Å². The van der Waals surface area contributed by atoms with Crippen molar-refractivity contribution in [1.82, 2.24) is 24.4 Å². The Bertz CT molecular complexity index is 730. The molecule has 3 rings (SSSR count). The fourth-order valence-corrected chi connectivity index (χ4v) is 2.06. The van der Waals surface area contributed by atoms with E-state index in [1.165, 1.54) is 7.05 Å². The number of fused-ring (bicyclic) bond motifs is 1. The van der Waals surface area contributed by atoms with E-state index in [9.17, 15) is 14.0 Å². The molecule has 1 fully saturated rings. The summed E-state index contributed by atoms with van der Waals surface area (Å²) in [5, 5.41) is 7.30. The molecule has 0 aromatic carbocycles. The van der Waals surface area contributed by atoms with Crippen LogP contribution in [0.4, 0.5) is 4.39 Å². The van der Waals surface area contributed by atoms with Crippen LogP contribution >= 0.6 is 0 Å². The molecule has 1 aliphatic carbocycles. The number of rotatable bonds is 2. The number of hydrogen-bond donors (Lipinski definition) is 0. The van der Waals surface area contributed by atoms with E-state index in [0.29, 0.717) is 12.8 Å². The average Bonchev–Trinajstić information content (AvgIpc) is 3.01. The number of halogens is 1. The van der Waals surface area contributed by atoms with Gasteiger partial charge in [0, 0.05) is 45.9 Å². The second-order valence-corrected chi connectivity index (χ2v) is 4.48. The third-order valence-corrected chi connectivity index (χ3v) is 3.13. The van der Waals surface area contributed by atoms with Gasteiger partial charge in [-0.25, -0.2) is 23.4 Å². The third-order valence-electron chi connectivity index (χ3n) is 3.13. The number of alkyl halides is 1. The summed E-state index contributed by atoms with van der Waals surface area (Å²) in [4.78, 5) is 27.5. The Morgan fingerprint density at radius 1 is 1.57 bits per heavy atom. The maximum Gasteiger partial charge on any atom is 0.358 e. The van der Waals surface area contributed by atoms with Crippen molar-refractivity contribution in [1.29, 1.82) is 0 Å². The molecule has 0 spiro atoms. The van der Waals surface area contributed by atoms with Crippen molar-refractivity contribution in [2.45, 2.75) is 25.1 Å². The number of carbonyl (C=O) groups excluding carboxylic acids is 1. The average molecular weight is 369 g/mol. The molecule has 21 heavy (non-hydrogen) atoms. The van der Waals surface area contributed by atoms with Gasteiger partial charge >= 0.3 is 11.7 Å². The monoisotopic (exact) mass is 369 g/mol. The molecular formula is C11H11FN5O3Y-. The molecule has 8 nitrogen and oxygen atoms in total. The molecule has 1 saturated carbocycles. The Balaban J connectivity index is 0.00000161. The van der Waals surface area contributed by atoms with Crippen molar-refractivity contribution in [3.8, 4) is 0 Å². The number of nitrogens with zero attached hydrogens (tertiary/aromatic N) is 5. The van der Waals surface area contributed by atoms with Gasteiger partial charge in [0.1, 0.15) is 12.5 Å². The number of aryl methyl sites for hydroxylation is 1. The van der Waals surface area contributed by atoms with Gasteiger partial charge in [-0.2, -0.15) is 11.1 Å². The Kier molecular flexibility index (Phi) is 4.82.